The molecule has 2 aliphatic carbocycles. The second-order valence-corrected chi connectivity index (χ2v) is 6.51. The number of nitrogens with two attached hydrogens (primary N) is 1. The second kappa shape index (κ2) is 4.54. The first-order valence-electron chi connectivity index (χ1n) is 6.56. The molecule has 92 valence electrons. The number of carbonyl (C=O) groups is 1. The molecule has 0 aliphatic heterocycles. The van der Waals surface area contributed by atoms with Gasteiger partial charge in [0.05, 0.1) is 0 Å². The number of aryl methyl sites for hydroxylation is 1. The third-order valence-electron chi connectivity index (χ3n) is 4.55. The average molecular weight is 249 g/mol. The second-order valence-electron chi connectivity index (χ2n) is 5.48. The van der Waals surface area contributed by atoms with E-state index in [2.05, 4.69) is 11.4 Å². The summed E-state index contributed by atoms with van der Waals surface area (Å²) in [4.78, 5) is 13.6. The van der Waals surface area contributed by atoms with E-state index in [1.165, 1.54) is 24.1 Å². The van der Waals surface area contributed by atoms with E-state index < -0.39 is 0 Å². The Morgan fingerprint density at radius 3 is 2.88 bits per heavy atom. The minimum Gasteiger partial charge on any atom is -0.327 e. The van der Waals surface area contributed by atoms with Crippen molar-refractivity contribution in [2.75, 3.05) is 0 Å². The molecule has 2 fully saturated rings. The first-order chi connectivity index (χ1) is 8.25. The van der Waals surface area contributed by atoms with Gasteiger partial charge in [0.2, 0.25) is 0 Å². The highest BCUT2D eigenvalue weighted by Gasteiger charge is 2.48. The van der Waals surface area contributed by atoms with Gasteiger partial charge in [-0.15, -0.1) is 11.3 Å². The molecule has 2 nitrogen and oxygen atoms in total. The summed E-state index contributed by atoms with van der Waals surface area (Å²) in [6.07, 6.45) is 5.27. The van der Waals surface area contributed by atoms with Crippen molar-refractivity contribution < 1.29 is 4.79 Å². The maximum Gasteiger partial charge on any atom is 0.138 e. The number of fused-ring (bicyclic) bond motifs is 2. The molecule has 1 aromatic heterocycles. The number of hydrogen-bond donors (Lipinski definition) is 1. The van der Waals surface area contributed by atoms with E-state index >= 15 is 0 Å². The Kier molecular flexibility index (Phi) is 3.05. The maximum absolute atomic E-state index is 12.3. The van der Waals surface area contributed by atoms with Crippen molar-refractivity contribution in [1.82, 2.24) is 0 Å². The van der Waals surface area contributed by atoms with Gasteiger partial charge in [-0.1, -0.05) is 6.07 Å². The molecule has 0 saturated heterocycles. The van der Waals surface area contributed by atoms with Crippen LogP contribution in [0.3, 0.4) is 0 Å². The van der Waals surface area contributed by atoms with Crippen LogP contribution in [0, 0.1) is 17.8 Å². The first-order valence-corrected chi connectivity index (χ1v) is 7.44. The summed E-state index contributed by atoms with van der Waals surface area (Å²) in [5, 5.41) is 2.07. The molecular weight excluding hydrogens is 230 g/mol. The molecule has 2 bridgehead atoms. The van der Waals surface area contributed by atoms with Crippen LogP contribution in [0.2, 0.25) is 0 Å². The van der Waals surface area contributed by atoms with Gasteiger partial charge >= 0.3 is 0 Å². The van der Waals surface area contributed by atoms with E-state index in [4.69, 9.17) is 5.73 Å². The van der Waals surface area contributed by atoms with Gasteiger partial charge in [-0.05, 0) is 49.0 Å². The van der Waals surface area contributed by atoms with Crippen LogP contribution in [-0.2, 0) is 11.2 Å². The van der Waals surface area contributed by atoms with E-state index in [0.717, 1.165) is 6.42 Å². The van der Waals surface area contributed by atoms with Crippen molar-refractivity contribution in [1.29, 1.82) is 0 Å². The van der Waals surface area contributed by atoms with Gasteiger partial charge in [0.25, 0.3) is 0 Å². The van der Waals surface area contributed by atoms with E-state index in [9.17, 15) is 4.79 Å². The maximum atomic E-state index is 12.3. The third-order valence-corrected chi connectivity index (χ3v) is 5.49. The molecular formula is C14H19NOS. The van der Waals surface area contributed by atoms with Crippen molar-refractivity contribution in [3.05, 3.63) is 22.4 Å². The Morgan fingerprint density at radius 1 is 1.41 bits per heavy atom. The SMILES string of the molecule is NC1C2CCC(C2)C1C(=O)CCc1cccs1. The lowest BCUT2D eigenvalue weighted by Gasteiger charge is -2.26. The molecule has 0 aromatic carbocycles. The van der Waals surface area contributed by atoms with Crippen LogP contribution in [0.4, 0.5) is 0 Å². The van der Waals surface area contributed by atoms with Crippen molar-refractivity contribution in [2.45, 2.75) is 38.1 Å². The van der Waals surface area contributed by atoms with Crippen LogP contribution in [0.5, 0.6) is 0 Å². The van der Waals surface area contributed by atoms with Crippen LogP contribution in [0.1, 0.15) is 30.6 Å². The number of carbonyl (C=O) groups excluding carboxylic acids is 1. The number of rotatable bonds is 4. The standard InChI is InChI=1S/C14H19NOS/c15-14-10-4-3-9(8-10)13(14)12(16)6-5-11-2-1-7-17-11/h1-2,7,9-10,13-14H,3-6,8,15H2. The molecule has 0 radical (unpaired) electrons. The minimum atomic E-state index is 0.157. The Labute approximate surface area is 106 Å². The number of hydrogen-bond acceptors (Lipinski definition) is 3. The molecule has 1 aromatic rings. The summed E-state index contributed by atoms with van der Waals surface area (Å²) in [6, 6.07) is 4.32. The van der Waals surface area contributed by atoms with E-state index in [1.54, 1.807) is 11.3 Å². The van der Waals surface area contributed by atoms with Gasteiger partial charge in [-0.25, -0.2) is 0 Å². The highest BCUT2D eigenvalue weighted by Crippen LogP contribution is 2.48. The molecule has 4 atom stereocenters. The molecule has 3 heteroatoms. The predicted octanol–water partition coefficient (Wildman–Crippen LogP) is 2.62. The largest absolute Gasteiger partial charge is 0.327 e. The zero-order chi connectivity index (χ0) is 11.8. The lowest BCUT2D eigenvalue weighted by molar-refractivity contribution is -0.124. The minimum absolute atomic E-state index is 0.157. The number of Topliss-reactive ketones (excluding diaryl/α,β-unsaturated/α-hetero) is 1. The Hall–Kier alpha value is -0.670. The summed E-state index contributed by atoms with van der Waals surface area (Å²) in [6.45, 7) is 0. The molecule has 3 rings (SSSR count). The first kappa shape index (κ1) is 11.4. The van der Waals surface area contributed by atoms with Gasteiger partial charge < -0.3 is 5.73 Å². The molecule has 2 saturated carbocycles. The van der Waals surface area contributed by atoms with Crippen LogP contribution < -0.4 is 5.73 Å². The van der Waals surface area contributed by atoms with Crippen molar-refractivity contribution in [3.63, 3.8) is 0 Å². The summed E-state index contributed by atoms with van der Waals surface area (Å²) in [7, 11) is 0. The number of ketones is 1. The van der Waals surface area contributed by atoms with Crippen molar-refractivity contribution in [2.24, 2.45) is 23.5 Å². The van der Waals surface area contributed by atoms with Gasteiger partial charge in [-0.2, -0.15) is 0 Å². The van der Waals surface area contributed by atoms with Gasteiger partial charge in [0.1, 0.15) is 5.78 Å². The quantitative estimate of drug-likeness (QED) is 0.891. The van der Waals surface area contributed by atoms with E-state index in [-0.39, 0.29) is 12.0 Å². The van der Waals surface area contributed by atoms with Gasteiger partial charge in [0, 0.05) is 23.3 Å². The Bertz CT molecular complexity index is 398. The van der Waals surface area contributed by atoms with Crippen LogP contribution in [0.25, 0.3) is 0 Å². The fourth-order valence-electron chi connectivity index (χ4n) is 3.68. The van der Waals surface area contributed by atoms with E-state index in [0.29, 0.717) is 24.0 Å². The zero-order valence-corrected chi connectivity index (χ0v) is 10.8. The average Bonchev–Trinajstić information content (AvgIpc) is 3.02. The zero-order valence-electron chi connectivity index (χ0n) is 9.97. The molecule has 0 spiro atoms. The highest BCUT2D eigenvalue weighted by molar-refractivity contribution is 7.09. The van der Waals surface area contributed by atoms with Gasteiger partial charge in [-0.3, -0.25) is 4.79 Å². The monoisotopic (exact) mass is 249 g/mol. The third kappa shape index (κ3) is 2.06. The normalized spacial score (nSPS) is 35.4. The summed E-state index contributed by atoms with van der Waals surface area (Å²) in [5.41, 5.74) is 6.20. The predicted molar refractivity (Wildman–Crippen MR) is 69.9 cm³/mol. The lowest BCUT2D eigenvalue weighted by Crippen LogP contribution is -2.40. The van der Waals surface area contributed by atoms with Crippen molar-refractivity contribution in [3.8, 4) is 0 Å². The molecule has 17 heavy (non-hydrogen) atoms. The lowest BCUT2D eigenvalue weighted by atomic mass is 9.81. The fraction of sp³-hybridized carbons (Fsp3) is 0.643. The summed E-state index contributed by atoms with van der Waals surface area (Å²) < 4.78 is 0. The molecule has 4 unspecified atom stereocenters. The molecule has 0 amide bonds. The summed E-state index contributed by atoms with van der Waals surface area (Å²) >= 11 is 1.74. The summed E-state index contributed by atoms with van der Waals surface area (Å²) in [5.74, 6) is 1.83. The number of thiophene rings is 1. The molecule has 1 heterocycles. The Morgan fingerprint density at radius 2 is 2.24 bits per heavy atom. The molecule has 2 N–H and O–H groups in total. The topological polar surface area (TPSA) is 43.1 Å². The van der Waals surface area contributed by atoms with Crippen molar-refractivity contribution >= 4 is 17.1 Å². The van der Waals surface area contributed by atoms with E-state index in [1.807, 2.05) is 6.07 Å². The Balaban J connectivity index is 1.59. The van der Waals surface area contributed by atoms with Gasteiger partial charge in [0.15, 0.2) is 0 Å². The van der Waals surface area contributed by atoms with Crippen LogP contribution in [0.15, 0.2) is 17.5 Å². The van der Waals surface area contributed by atoms with Crippen LogP contribution >= 0.6 is 11.3 Å². The molecule has 2 aliphatic rings. The fourth-order valence-corrected chi connectivity index (χ4v) is 4.39. The smallest absolute Gasteiger partial charge is 0.138 e. The highest BCUT2D eigenvalue weighted by atomic mass is 32.1. The van der Waals surface area contributed by atoms with Crippen LogP contribution in [-0.4, -0.2) is 11.8 Å².